The third kappa shape index (κ3) is 3.92. The average Bonchev–Trinajstić information content (AvgIpc) is 2.70. The zero-order valence-electron chi connectivity index (χ0n) is 16.9. The van der Waals surface area contributed by atoms with Crippen molar-refractivity contribution in [1.82, 2.24) is 0 Å². The molecular formula is C22H28NO5+. The molecule has 3 rings (SSSR count). The molecule has 0 radical (unpaired) electrons. The van der Waals surface area contributed by atoms with E-state index in [0.29, 0.717) is 22.5 Å². The van der Waals surface area contributed by atoms with E-state index in [1.165, 1.54) is 12.7 Å². The zero-order valence-corrected chi connectivity index (χ0v) is 16.9. The largest absolute Gasteiger partial charge is 0.508 e. The van der Waals surface area contributed by atoms with Gasteiger partial charge < -0.3 is 23.8 Å². The topological polar surface area (TPSA) is 65.0 Å². The molecule has 1 N–H and O–H groups in total. The van der Waals surface area contributed by atoms with Gasteiger partial charge in [-0.3, -0.25) is 0 Å². The van der Waals surface area contributed by atoms with E-state index < -0.39 is 0 Å². The summed E-state index contributed by atoms with van der Waals surface area (Å²) in [5.41, 5.74) is 3.46. The minimum atomic E-state index is -0.220. The highest BCUT2D eigenvalue weighted by molar-refractivity contribution is 5.70. The molecule has 2 atom stereocenters. The Kier molecular flexibility index (Phi) is 5.79. The number of likely N-dealkylation sites (N-methyl/N-ethyl adjacent to an activating group) is 1. The van der Waals surface area contributed by atoms with E-state index in [4.69, 9.17) is 14.2 Å². The van der Waals surface area contributed by atoms with Crippen LogP contribution < -0.4 is 9.47 Å². The monoisotopic (exact) mass is 386 g/mol. The quantitative estimate of drug-likeness (QED) is 0.611. The Morgan fingerprint density at radius 1 is 1.11 bits per heavy atom. The van der Waals surface area contributed by atoms with Crippen molar-refractivity contribution < 1.29 is 28.6 Å². The molecule has 1 aliphatic heterocycles. The summed E-state index contributed by atoms with van der Waals surface area (Å²) in [7, 11) is 6.79. The Morgan fingerprint density at radius 2 is 1.75 bits per heavy atom. The van der Waals surface area contributed by atoms with Crippen LogP contribution in [0.2, 0.25) is 0 Å². The van der Waals surface area contributed by atoms with Crippen molar-refractivity contribution in [3.63, 3.8) is 0 Å². The Balaban J connectivity index is 2.06. The van der Waals surface area contributed by atoms with E-state index in [1.807, 2.05) is 24.3 Å². The number of quaternary nitrogens is 1. The number of esters is 1. The fraction of sp³-hybridized carbons (Fsp3) is 0.409. The van der Waals surface area contributed by atoms with Crippen LogP contribution >= 0.6 is 0 Å². The predicted molar refractivity (Wildman–Crippen MR) is 106 cm³/mol. The van der Waals surface area contributed by atoms with Gasteiger partial charge in [-0.1, -0.05) is 12.1 Å². The van der Waals surface area contributed by atoms with Crippen LogP contribution in [0, 0.1) is 0 Å². The van der Waals surface area contributed by atoms with E-state index in [1.54, 1.807) is 26.4 Å². The number of phenolic OH excluding ortho intramolecular Hbond substituents is 1. The van der Waals surface area contributed by atoms with Crippen LogP contribution in [0.5, 0.6) is 17.2 Å². The number of nitrogens with zero attached hydrogens (tertiary/aromatic N) is 1. The van der Waals surface area contributed by atoms with Gasteiger partial charge >= 0.3 is 5.97 Å². The van der Waals surface area contributed by atoms with Gasteiger partial charge in [-0.2, -0.15) is 0 Å². The van der Waals surface area contributed by atoms with E-state index in [2.05, 4.69) is 7.05 Å². The minimum absolute atomic E-state index is 0.0483. The van der Waals surface area contributed by atoms with E-state index >= 15 is 0 Å². The lowest BCUT2D eigenvalue weighted by Gasteiger charge is -2.45. The molecule has 0 saturated heterocycles. The van der Waals surface area contributed by atoms with Crippen LogP contribution in [0.3, 0.4) is 0 Å². The summed E-state index contributed by atoms with van der Waals surface area (Å²) >= 11 is 0. The van der Waals surface area contributed by atoms with Gasteiger partial charge in [0.15, 0.2) is 18.0 Å². The number of rotatable bonds is 6. The van der Waals surface area contributed by atoms with Crippen molar-refractivity contribution >= 4 is 5.97 Å². The molecule has 0 aromatic heterocycles. The second kappa shape index (κ2) is 8.10. The van der Waals surface area contributed by atoms with E-state index in [-0.39, 0.29) is 17.8 Å². The minimum Gasteiger partial charge on any atom is -0.508 e. The van der Waals surface area contributed by atoms with Gasteiger partial charge in [0.05, 0.1) is 34.9 Å². The van der Waals surface area contributed by atoms with Crippen LogP contribution in [-0.2, 0) is 22.4 Å². The number of methoxy groups -OCH3 is 3. The van der Waals surface area contributed by atoms with Crippen LogP contribution in [0.25, 0.3) is 0 Å². The first kappa shape index (κ1) is 20.0. The molecule has 28 heavy (non-hydrogen) atoms. The predicted octanol–water partition coefficient (Wildman–Crippen LogP) is 2.87. The second-order valence-corrected chi connectivity index (χ2v) is 7.48. The highest BCUT2D eigenvalue weighted by Gasteiger charge is 2.41. The summed E-state index contributed by atoms with van der Waals surface area (Å²) in [5, 5.41) is 9.60. The normalized spacial score (nSPS) is 20.9. The number of ether oxygens (including phenoxy) is 3. The summed E-state index contributed by atoms with van der Waals surface area (Å²) in [5.74, 6) is 1.42. The van der Waals surface area contributed by atoms with Crippen molar-refractivity contribution in [2.75, 3.05) is 41.5 Å². The fourth-order valence-corrected chi connectivity index (χ4v) is 4.07. The highest BCUT2D eigenvalue weighted by atomic mass is 16.5. The van der Waals surface area contributed by atoms with Crippen LogP contribution in [0.15, 0.2) is 36.4 Å². The van der Waals surface area contributed by atoms with Crippen molar-refractivity contribution in [3.05, 3.63) is 53.1 Å². The van der Waals surface area contributed by atoms with Crippen molar-refractivity contribution in [1.29, 1.82) is 0 Å². The number of hydrogen-bond donors (Lipinski definition) is 1. The number of carbonyl (C=O) groups is 1. The van der Waals surface area contributed by atoms with Crippen LogP contribution in [0.4, 0.5) is 0 Å². The Morgan fingerprint density at radius 3 is 2.36 bits per heavy atom. The van der Waals surface area contributed by atoms with Gasteiger partial charge in [0, 0.05) is 18.4 Å². The lowest BCUT2D eigenvalue weighted by atomic mass is 9.86. The molecule has 0 fully saturated rings. The molecule has 1 aliphatic rings. The SMILES string of the molecule is COC(=O)C[N+]1(C)CCc2cc(OC)c(OC)cc2C1Cc1ccc(O)cc1. The molecule has 0 aliphatic carbocycles. The van der Waals surface area contributed by atoms with Gasteiger partial charge in [-0.25, -0.2) is 4.79 Å². The maximum atomic E-state index is 12.1. The molecule has 6 heteroatoms. The maximum absolute atomic E-state index is 12.1. The summed E-state index contributed by atoms with van der Waals surface area (Å²) in [4.78, 5) is 12.1. The first-order chi connectivity index (χ1) is 13.4. The number of hydrogen-bond acceptors (Lipinski definition) is 5. The first-order valence-corrected chi connectivity index (χ1v) is 9.34. The van der Waals surface area contributed by atoms with Crippen LogP contribution in [0.1, 0.15) is 22.7 Å². The molecule has 0 saturated carbocycles. The highest BCUT2D eigenvalue weighted by Crippen LogP contribution is 2.42. The number of aromatic hydroxyl groups is 1. The molecule has 150 valence electrons. The Hall–Kier alpha value is -2.73. The fourth-order valence-electron chi connectivity index (χ4n) is 4.07. The average molecular weight is 386 g/mol. The molecule has 0 bridgehead atoms. The van der Waals surface area contributed by atoms with E-state index in [0.717, 1.165) is 30.5 Å². The van der Waals surface area contributed by atoms with Crippen molar-refractivity contribution in [2.45, 2.75) is 18.9 Å². The molecule has 2 unspecified atom stereocenters. The van der Waals surface area contributed by atoms with Gasteiger partial charge in [0.2, 0.25) is 0 Å². The molecule has 0 amide bonds. The standard InChI is InChI=1S/C22H27NO5/c1-23(14-22(25)28-4)10-9-16-12-20(26-2)21(27-3)13-18(16)19(23)11-15-5-7-17(24)8-6-15/h5-8,12-13,19H,9-11,14H2,1-4H3/p+1. The number of carbonyl (C=O) groups excluding carboxylic acids is 1. The van der Waals surface area contributed by atoms with Gasteiger partial charge in [-0.05, 0) is 35.4 Å². The second-order valence-electron chi connectivity index (χ2n) is 7.48. The Bertz CT molecular complexity index is 849. The maximum Gasteiger partial charge on any atom is 0.361 e. The summed E-state index contributed by atoms with van der Waals surface area (Å²) in [6.45, 7) is 1.12. The first-order valence-electron chi connectivity index (χ1n) is 9.34. The summed E-state index contributed by atoms with van der Waals surface area (Å²) < 4.78 is 16.5. The zero-order chi connectivity index (χ0) is 20.3. The van der Waals surface area contributed by atoms with Gasteiger partial charge in [-0.15, -0.1) is 0 Å². The van der Waals surface area contributed by atoms with Crippen LogP contribution in [-0.4, -0.2) is 57.0 Å². The third-order valence-corrected chi connectivity index (χ3v) is 5.73. The molecule has 0 spiro atoms. The molecule has 6 nitrogen and oxygen atoms in total. The lowest BCUT2D eigenvalue weighted by molar-refractivity contribution is -0.934. The smallest absolute Gasteiger partial charge is 0.361 e. The van der Waals surface area contributed by atoms with E-state index in [9.17, 15) is 9.90 Å². The van der Waals surface area contributed by atoms with Gasteiger partial charge in [0.1, 0.15) is 11.8 Å². The number of fused-ring (bicyclic) bond motifs is 1. The summed E-state index contributed by atoms with van der Waals surface area (Å²) in [6, 6.07) is 11.4. The van der Waals surface area contributed by atoms with Gasteiger partial charge in [0.25, 0.3) is 0 Å². The third-order valence-electron chi connectivity index (χ3n) is 5.73. The molecule has 2 aromatic carbocycles. The molecule has 1 heterocycles. The number of benzene rings is 2. The van der Waals surface area contributed by atoms with Crippen molar-refractivity contribution in [2.24, 2.45) is 0 Å². The van der Waals surface area contributed by atoms with Crippen molar-refractivity contribution in [3.8, 4) is 17.2 Å². The Labute approximate surface area is 165 Å². The lowest BCUT2D eigenvalue weighted by Crippen LogP contribution is -2.54. The summed E-state index contributed by atoms with van der Waals surface area (Å²) in [6.07, 6.45) is 1.57. The molecule has 2 aromatic rings. The molecular weight excluding hydrogens is 358 g/mol. The number of phenols is 1.